The molecule has 2 nitrogen and oxygen atoms in total. The van der Waals surface area contributed by atoms with Gasteiger partial charge in [-0.05, 0) is 25.8 Å². The van der Waals surface area contributed by atoms with E-state index in [2.05, 4.69) is 0 Å². The van der Waals surface area contributed by atoms with Crippen LogP contribution in [0.2, 0.25) is 0 Å². The average molecular weight is 154 g/mol. The molecule has 0 fully saturated rings. The lowest BCUT2D eigenvalue weighted by Gasteiger charge is -1.94. The van der Waals surface area contributed by atoms with Gasteiger partial charge in [0.2, 0.25) is 0 Å². The zero-order chi connectivity index (χ0) is 8.85. The number of carboxylic acid groups (broad SMARTS) is 1. The van der Waals surface area contributed by atoms with E-state index in [0.29, 0.717) is 0 Å². The van der Waals surface area contributed by atoms with E-state index in [1.807, 2.05) is 19.9 Å². The van der Waals surface area contributed by atoms with E-state index in [0.717, 1.165) is 12.0 Å². The van der Waals surface area contributed by atoms with Gasteiger partial charge in [-0.2, -0.15) is 0 Å². The summed E-state index contributed by atoms with van der Waals surface area (Å²) in [5.41, 5.74) is 1.98. The Balaban J connectivity index is 4.26. The van der Waals surface area contributed by atoms with E-state index in [1.165, 1.54) is 11.6 Å². The molecule has 0 aromatic rings. The highest BCUT2D eigenvalue weighted by Crippen LogP contribution is 2.04. The third kappa shape index (κ3) is 5.40. The van der Waals surface area contributed by atoms with Crippen molar-refractivity contribution < 1.29 is 9.90 Å². The number of hydrogen-bond donors (Lipinski definition) is 1. The second-order valence-electron chi connectivity index (χ2n) is 2.57. The van der Waals surface area contributed by atoms with Crippen molar-refractivity contribution >= 4 is 5.97 Å². The first-order valence-corrected chi connectivity index (χ1v) is 3.64. The molecule has 62 valence electrons. The van der Waals surface area contributed by atoms with Crippen LogP contribution in [0.4, 0.5) is 0 Å². The predicted molar refractivity (Wildman–Crippen MR) is 45.4 cm³/mol. The highest BCUT2D eigenvalue weighted by Gasteiger charge is 1.90. The van der Waals surface area contributed by atoms with Gasteiger partial charge < -0.3 is 5.11 Å². The molecule has 0 atom stereocenters. The summed E-state index contributed by atoms with van der Waals surface area (Å²) in [5, 5.41) is 8.36. The van der Waals surface area contributed by atoms with Gasteiger partial charge >= 0.3 is 5.97 Å². The van der Waals surface area contributed by atoms with Gasteiger partial charge in [0.1, 0.15) is 0 Å². The van der Waals surface area contributed by atoms with Crippen LogP contribution in [0.25, 0.3) is 0 Å². The van der Waals surface area contributed by atoms with E-state index in [9.17, 15) is 4.79 Å². The molecule has 0 unspecified atom stereocenters. The van der Waals surface area contributed by atoms with Crippen LogP contribution in [0.3, 0.4) is 0 Å². The fraction of sp³-hybridized carbons (Fsp3) is 0.444. The first-order valence-electron chi connectivity index (χ1n) is 3.64. The van der Waals surface area contributed by atoms with Gasteiger partial charge in [-0.1, -0.05) is 18.6 Å². The third-order valence-electron chi connectivity index (χ3n) is 1.38. The standard InChI is InChI=1S/C9H14O2/c1-4-7(2)5-8(3)6-9(10)11/h5-6H,4H2,1-3H3,(H,10,11)/b7-5+,8-6+. The topological polar surface area (TPSA) is 37.3 Å². The summed E-state index contributed by atoms with van der Waals surface area (Å²) in [6.45, 7) is 5.81. The van der Waals surface area contributed by atoms with Crippen LogP contribution in [0.1, 0.15) is 27.2 Å². The molecule has 0 radical (unpaired) electrons. The molecule has 11 heavy (non-hydrogen) atoms. The van der Waals surface area contributed by atoms with Gasteiger partial charge in [0.05, 0.1) is 0 Å². The van der Waals surface area contributed by atoms with Crippen LogP contribution >= 0.6 is 0 Å². The highest BCUT2D eigenvalue weighted by molar-refractivity contribution is 5.81. The molecule has 0 heterocycles. The fourth-order valence-corrected chi connectivity index (χ4v) is 0.727. The Hall–Kier alpha value is -1.05. The van der Waals surface area contributed by atoms with Crippen molar-refractivity contribution in [1.29, 1.82) is 0 Å². The van der Waals surface area contributed by atoms with Crippen molar-refractivity contribution in [1.82, 2.24) is 0 Å². The average Bonchev–Trinajstić information content (AvgIpc) is 1.85. The SMILES string of the molecule is CC/C(C)=C/C(C)=C/C(=O)O. The van der Waals surface area contributed by atoms with Crippen molar-refractivity contribution in [2.45, 2.75) is 27.2 Å². The minimum atomic E-state index is -0.886. The summed E-state index contributed by atoms with van der Waals surface area (Å²) >= 11 is 0. The summed E-state index contributed by atoms with van der Waals surface area (Å²) < 4.78 is 0. The summed E-state index contributed by atoms with van der Waals surface area (Å²) in [7, 11) is 0. The molecule has 0 spiro atoms. The van der Waals surface area contributed by atoms with Crippen molar-refractivity contribution in [3.8, 4) is 0 Å². The monoisotopic (exact) mass is 154 g/mol. The van der Waals surface area contributed by atoms with Crippen LogP contribution in [0.5, 0.6) is 0 Å². The maximum atomic E-state index is 10.2. The number of carboxylic acids is 1. The number of hydrogen-bond acceptors (Lipinski definition) is 1. The molecule has 0 aromatic carbocycles. The Kier molecular flexibility index (Phi) is 4.27. The molecule has 0 saturated carbocycles. The Morgan fingerprint density at radius 3 is 2.27 bits per heavy atom. The van der Waals surface area contributed by atoms with E-state index in [4.69, 9.17) is 5.11 Å². The number of allylic oxidation sites excluding steroid dienone is 3. The van der Waals surface area contributed by atoms with Crippen LogP contribution in [0.15, 0.2) is 23.3 Å². The second-order valence-corrected chi connectivity index (χ2v) is 2.57. The number of aliphatic carboxylic acids is 1. The minimum Gasteiger partial charge on any atom is -0.478 e. The molecular formula is C9H14O2. The van der Waals surface area contributed by atoms with Gasteiger partial charge in [-0.3, -0.25) is 0 Å². The molecular weight excluding hydrogens is 140 g/mol. The van der Waals surface area contributed by atoms with Gasteiger partial charge in [0.15, 0.2) is 0 Å². The van der Waals surface area contributed by atoms with Crippen molar-refractivity contribution in [2.24, 2.45) is 0 Å². The molecule has 0 aliphatic carbocycles. The minimum absolute atomic E-state index is 0.789. The largest absolute Gasteiger partial charge is 0.478 e. The first-order chi connectivity index (χ1) is 5.06. The highest BCUT2D eigenvalue weighted by atomic mass is 16.4. The Bertz CT molecular complexity index is 200. The quantitative estimate of drug-likeness (QED) is 0.500. The third-order valence-corrected chi connectivity index (χ3v) is 1.38. The van der Waals surface area contributed by atoms with E-state index >= 15 is 0 Å². The Morgan fingerprint density at radius 2 is 1.91 bits per heavy atom. The molecule has 0 aliphatic rings. The molecule has 0 aromatic heterocycles. The number of rotatable bonds is 3. The molecule has 0 saturated heterocycles. The lowest BCUT2D eigenvalue weighted by atomic mass is 10.1. The first kappa shape index (κ1) is 9.95. The van der Waals surface area contributed by atoms with Crippen molar-refractivity contribution in [2.75, 3.05) is 0 Å². The van der Waals surface area contributed by atoms with Gasteiger partial charge in [-0.25, -0.2) is 4.79 Å². The summed E-state index contributed by atoms with van der Waals surface area (Å²) in [6, 6.07) is 0. The Labute approximate surface area is 67.2 Å². The normalized spacial score (nSPS) is 13.4. The zero-order valence-electron chi connectivity index (χ0n) is 7.22. The van der Waals surface area contributed by atoms with Crippen LogP contribution < -0.4 is 0 Å². The van der Waals surface area contributed by atoms with Gasteiger partial charge in [0, 0.05) is 6.08 Å². The van der Waals surface area contributed by atoms with Crippen LogP contribution in [-0.2, 0) is 4.79 Å². The molecule has 1 N–H and O–H groups in total. The Morgan fingerprint density at radius 1 is 1.36 bits per heavy atom. The smallest absolute Gasteiger partial charge is 0.328 e. The maximum absolute atomic E-state index is 10.2. The lowest BCUT2D eigenvalue weighted by molar-refractivity contribution is -0.131. The maximum Gasteiger partial charge on any atom is 0.328 e. The predicted octanol–water partition coefficient (Wildman–Crippen LogP) is 2.37. The van der Waals surface area contributed by atoms with E-state index in [-0.39, 0.29) is 0 Å². The van der Waals surface area contributed by atoms with E-state index in [1.54, 1.807) is 6.92 Å². The van der Waals surface area contributed by atoms with Crippen molar-refractivity contribution in [3.05, 3.63) is 23.3 Å². The van der Waals surface area contributed by atoms with E-state index < -0.39 is 5.97 Å². The molecule has 0 aliphatic heterocycles. The summed E-state index contributed by atoms with van der Waals surface area (Å²) in [5.74, 6) is -0.886. The number of carbonyl (C=O) groups is 1. The van der Waals surface area contributed by atoms with Crippen LogP contribution in [0, 0.1) is 0 Å². The molecule has 0 bridgehead atoms. The summed E-state index contributed by atoms with van der Waals surface area (Å²) in [4.78, 5) is 10.2. The molecule has 0 amide bonds. The second kappa shape index (κ2) is 4.72. The van der Waals surface area contributed by atoms with Crippen LogP contribution in [-0.4, -0.2) is 11.1 Å². The molecule has 0 rings (SSSR count). The fourth-order valence-electron chi connectivity index (χ4n) is 0.727. The molecule has 2 heteroatoms. The summed E-state index contributed by atoms with van der Waals surface area (Å²) in [6.07, 6.45) is 4.05. The van der Waals surface area contributed by atoms with Gasteiger partial charge in [-0.15, -0.1) is 0 Å². The zero-order valence-corrected chi connectivity index (χ0v) is 7.22. The lowest BCUT2D eigenvalue weighted by Crippen LogP contribution is -1.88. The van der Waals surface area contributed by atoms with Gasteiger partial charge in [0.25, 0.3) is 0 Å². The van der Waals surface area contributed by atoms with Crippen molar-refractivity contribution in [3.63, 3.8) is 0 Å².